The van der Waals surface area contributed by atoms with Gasteiger partial charge in [0, 0.05) is 11.9 Å². The molecule has 1 aromatic carbocycles. The number of hydrogen-bond acceptors (Lipinski definition) is 3. The SMILES string of the molecule is C=CCCCn1nc(C(=O)N[C@H](C(=O)O)C(C)(C)C)c2ccccc21. The van der Waals surface area contributed by atoms with Crippen molar-refractivity contribution in [3.63, 3.8) is 0 Å². The molecule has 0 saturated carbocycles. The van der Waals surface area contributed by atoms with E-state index >= 15 is 0 Å². The van der Waals surface area contributed by atoms with Crippen LogP contribution in [-0.4, -0.2) is 32.8 Å². The van der Waals surface area contributed by atoms with E-state index in [1.807, 2.05) is 30.3 Å². The third kappa shape index (κ3) is 4.26. The number of rotatable bonds is 7. The Balaban J connectivity index is 2.34. The number of para-hydroxylation sites is 1. The Morgan fingerprint density at radius 1 is 1.36 bits per heavy atom. The summed E-state index contributed by atoms with van der Waals surface area (Å²) in [6, 6.07) is 6.47. The number of unbranched alkanes of at least 4 members (excludes halogenated alkanes) is 1. The number of aryl methyl sites for hydroxylation is 1. The number of benzene rings is 1. The molecule has 0 fully saturated rings. The lowest BCUT2D eigenvalue weighted by atomic mass is 9.86. The summed E-state index contributed by atoms with van der Waals surface area (Å²) in [7, 11) is 0. The Hall–Kier alpha value is -2.63. The van der Waals surface area contributed by atoms with Crippen molar-refractivity contribution in [1.82, 2.24) is 15.1 Å². The Kier molecular flexibility index (Phi) is 5.62. The summed E-state index contributed by atoms with van der Waals surface area (Å²) in [6.07, 6.45) is 3.58. The number of fused-ring (bicyclic) bond motifs is 1. The number of carbonyl (C=O) groups is 2. The topological polar surface area (TPSA) is 84.2 Å². The van der Waals surface area contributed by atoms with E-state index in [4.69, 9.17) is 0 Å². The maximum Gasteiger partial charge on any atom is 0.326 e. The number of nitrogens with zero attached hydrogens (tertiary/aromatic N) is 2. The molecule has 0 saturated heterocycles. The van der Waals surface area contributed by atoms with Crippen molar-refractivity contribution in [1.29, 1.82) is 0 Å². The highest BCUT2D eigenvalue weighted by Crippen LogP contribution is 2.22. The summed E-state index contributed by atoms with van der Waals surface area (Å²) in [4.78, 5) is 24.2. The van der Waals surface area contributed by atoms with Crippen molar-refractivity contribution in [2.75, 3.05) is 0 Å². The predicted molar refractivity (Wildman–Crippen MR) is 97.5 cm³/mol. The van der Waals surface area contributed by atoms with Crippen LogP contribution in [0.25, 0.3) is 10.9 Å². The highest BCUT2D eigenvalue weighted by molar-refractivity contribution is 6.06. The van der Waals surface area contributed by atoms with Gasteiger partial charge in [-0.25, -0.2) is 4.79 Å². The summed E-state index contributed by atoms with van der Waals surface area (Å²) < 4.78 is 1.79. The second-order valence-corrected chi connectivity index (χ2v) is 7.13. The van der Waals surface area contributed by atoms with E-state index in [2.05, 4.69) is 17.0 Å². The Labute approximate surface area is 147 Å². The molecule has 1 amide bonds. The lowest BCUT2D eigenvalue weighted by molar-refractivity contribution is -0.142. The van der Waals surface area contributed by atoms with E-state index in [1.54, 1.807) is 25.5 Å². The van der Waals surface area contributed by atoms with Crippen LogP contribution < -0.4 is 5.32 Å². The fourth-order valence-corrected chi connectivity index (χ4v) is 2.70. The van der Waals surface area contributed by atoms with Gasteiger partial charge in [0.15, 0.2) is 5.69 Å². The minimum Gasteiger partial charge on any atom is -0.480 e. The van der Waals surface area contributed by atoms with Crippen LogP contribution in [0.15, 0.2) is 36.9 Å². The largest absolute Gasteiger partial charge is 0.480 e. The summed E-state index contributed by atoms with van der Waals surface area (Å²) in [5, 5.41) is 17.2. The number of hydrogen-bond donors (Lipinski definition) is 2. The molecule has 25 heavy (non-hydrogen) atoms. The normalized spacial score (nSPS) is 12.8. The van der Waals surface area contributed by atoms with Gasteiger partial charge in [0.25, 0.3) is 5.91 Å². The number of aromatic nitrogens is 2. The molecular formula is C19H25N3O3. The lowest BCUT2D eigenvalue weighted by Crippen LogP contribution is -2.49. The quantitative estimate of drug-likeness (QED) is 0.597. The molecule has 0 spiro atoms. The zero-order chi connectivity index (χ0) is 18.6. The zero-order valence-electron chi connectivity index (χ0n) is 15.0. The number of carboxylic acid groups (broad SMARTS) is 1. The van der Waals surface area contributed by atoms with Crippen molar-refractivity contribution >= 4 is 22.8 Å². The average Bonchev–Trinajstić information content (AvgIpc) is 2.90. The molecule has 1 atom stereocenters. The molecule has 0 radical (unpaired) electrons. The van der Waals surface area contributed by atoms with E-state index in [-0.39, 0.29) is 5.69 Å². The minimum atomic E-state index is -1.06. The van der Waals surface area contributed by atoms with E-state index in [0.717, 1.165) is 23.7 Å². The summed E-state index contributed by atoms with van der Waals surface area (Å²) in [6.45, 7) is 9.71. The third-order valence-electron chi connectivity index (χ3n) is 4.04. The summed E-state index contributed by atoms with van der Waals surface area (Å²) >= 11 is 0. The van der Waals surface area contributed by atoms with Gasteiger partial charge in [-0.1, -0.05) is 45.0 Å². The first-order valence-corrected chi connectivity index (χ1v) is 8.36. The molecule has 6 heteroatoms. The Bertz CT molecular complexity index is 787. The first kappa shape index (κ1) is 18.7. The number of carbonyl (C=O) groups excluding carboxylic acids is 1. The van der Waals surface area contributed by atoms with Crippen LogP contribution in [0.2, 0.25) is 0 Å². The number of amides is 1. The molecule has 0 aliphatic heterocycles. The van der Waals surface area contributed by atoms with E-state index in [0.29, 0.717) is 6.54 Å². The maximum absolute atomic E-state index is 12.7. The van der Waals surface area contributed by atoms with E-state index < -0.39 is 23.3 Å². The van der Waals surface area contributed by atoms with Crippen LogP contribution in [0, 0.1) is 5.41 Å². The van der Waals surface area contributed by atoms with Gasteiger partial charge in [-0.2, -0.15) is 5.10 Å². The van der Waals surface area contributed by atoms with Crippen LogP contribution in [0.3, 0.4) is 0 Å². The van der Waals surface area contributed by atoms with Gasteiger partial charge >= 0.3 is 5.97 Å². The highest BCUT2D eigenvalue weighted by atomic mass is 16.4. The zero-order valence-corrected chi connectivity index (χ0v) is 15.0. The molecule has 2 aromatic rings. The van der Waals surface area contributed by atoms with Crippen LogP contribution in [0.5, 0.6) is 0 Å². The van der Waals surface area contributed by atoms with Crippen molar-refractivity contribution in [3.8, 4) is 0 Å². The first-order valence-electron chi connectivity index (χ1n) is 8.36. The van der Waals surface area contributed by atoms with Gasteiger partial charge in [-0.05, 0) is 24.3 Å². The lowest BCUT2D eigenvalue weighted by Gasteiger charge is -2.27. The molecule has 1 heterocycles. The summed E-state index contributed by atoms with van der Waals surface area (Å²) in [5.74, 6) is -1.53. The van der Waals surface area contributed by atoms with Crippen LogP contribution in [0.1, 0.15) is 44.1 Å². The number of nitrogens with one attached hydrogen (secondary N) is 1. The number of carboxylic acids is 1. The molecule has 134 valence electrons. The van der Waals surface area contributed by atoms with Crippen LogP contribution in [-0.2, 0) is 11.3 Å². The van der Waals surface area contributed by atoms with Crippen molar-refractivity contribution in [2.45, 2.75) is 46.2 Å². The molecule has 0 aliphatic carbocycles. The van der Waals surface area contributed by atoms with Crippen LogP contribution >= 0.6 is 0 Å². The molecule has 1 aromatic heterocycles. The smallest absolute Gasteiger partial charge is 0.326 e. The fraction of sp³-hybridized carbons (Fsp3) is 0.421. The molecule has 0 unspecified atom stereocenters. The van der Waals surface area contributed by atoms with E-state index in [1.165, 1.54) is 0 Å². The standard InChI is InChI=1S/C19H25N3O3/c1-5-6-9-12-22-14-11-8-7-10-13(14)15(21-22)17(23)20-16(18(24)25)19(2,3)4/h5,7-8,10-11,16H,1,6,9,12H2,2-4H3,(H,20,23)(H,24,25)/t16-/m1/s1. The molecule has 0 bridgehead atoms. The molecular weight excluding hydrogens is 318 g/mol. The number of allylic oxidation sites excluding steroid dienone is 1. The van der Waals surface area contributed by atoms with Gasteiger partial charge < -0.3 is 10.4 Å². The van der Waals surface area contributed by atoms with Crippen molar-refractivity contribution < 1.29 is 14.7 Å². The molecule has 2 rings (SSSR count). The van der Waals surface area contributed by atoms with E-state index in [9.17, 15) is 14.7 Å². The van der Waals surface area contributed by atoms with Gasteiger partial charge in [-0.3, -0.25) is 9.48 Å². The molecule has 6 nitrogen and oxygen atoms in total. The van der Waals surface area contributed by atoms with Crippen LogP contribution in [0.4, 0.5) is 0 Å². The van der Waals surface area contributed by atoms with Gasteiger partial charge in [-0.15, -0.1) is 6.58 Å². The Morgan fingerprint density at radius 2 is 2.04 bits per heavy atom. The first-order chi connectivity index (χ1) is 11.8. The van der Waals surface area contributed by atoms with Crippen molar-refractivity contribution in [2.24, 2.45) is 5.41 Å². The van der Waals surface area contributed by atoms with Gasteiger partial charge in [0.2, 0.25) is 0 Å². The fourth-order valence-electron chi connectivity index (χ4n) is 2.70. The molecule has 0 aliphatic rings. The third-order valence-corrected chi connectivity index (χ3v) is 4.04. The second-order valence-electron chi connectivity index (χ2n) is 7.13. The Morgan fingerprint density at radius 3 is 2.64 bits per heavy atom. The van der Waals surface area contributed by atoms with Gasteiger partial charge in [0.1, 0.15) is 6.04 Å². The monoisotopic (exact) mass is 343 g/mol. The second kappa shape index (κ2) is 7.51. The number of aliphatic carboxylic acids is 1. The predicted octanol–water partition coefficient (Wildman–Crippen LogP) is 3.23. The summed E-state index contributed by atoms with van der Waals surface area (Å²) in [5.41, 5.74) is 0.508. The maximum atomic E-state index is 12.7. The van der Waals surface area contributed by atoms with Crippen molar-refractivity contribution in [3.05, 3.63) is 42.6 Å². The minimum absolute atomic E-state index is 0.254. The highest BCUT2D eigenvalue weighted by Gasteiger charge is 2.33. The molecule has 2 N–H and O–H groups in total. The average molecular weight is 343 g/mol. The van der Waals surface area contributed by atoms with Gasteiger partial charge in [0.05, 0.1) is 5.52 Å².